The molecular formula is C17H26N4OS. The van der Waals surface area contributed by atoms with E-state index in [-0.39, 0.29) is 5.91 Å². The second kappa shape index (κ2) is 6.51. The van der Waals surface area contributed by atoms with Gasteiger partial charge < -0.3 is 15.1 Å². The molecule has 2 aliphatic rings. The van der Waals surface area contributed by atoms with Crippen LogP contribution in [0.3, 0.4) is 0 Å². The van der Waals surface area contributed by atoms with E-state index in [2.05, 4.69) is 40.5 Å². The van der Waals surface area contributed by atoms with Crippen LogP contribution in [0.15, 0.2) is 16.4 Å². The fourth-order valence-electron chi connectivity index (χ4n) is 3.35. The summed E-state index contributed by atoms with van der Waals surface area (Å²) in [4.78, 5) is 22.5. The lowest BCUT2D eigenvalue weighted by molar-refractivity contribution is -0.130. The van der Waals surface area contributed by atoms with Crippen molar-refractivity contribution in [3.8, 4) is 0 Å². The number of nitrogens with zero attached hydrogens (tertiary/aromatic N) is 3. The highest BCUT2D eigenvalue weighted by Crippen LogP contribution is 2.28. The molecule has 1 aromatic rings. The van der Waals surface area contributed by atoms with E-state index in [1.807, 2.05) is 4.90 Å². The maximum atomic E-state index is 12.5. The van der Waals surface area contributed by atoms with Gasteiger partial charge in [-0.05, 0) is 35.3 Å². The summed E-state index contributed by atoms with van der Waals surface area (Å²) in [6.07, 6.45) is 2.14. The summed E-state index contributed by atoms with van der Waals surface area (Å²) < 4.78 is 0. The van der Waals surface area contributed by atoms with Crippen LogP contribution in [0.5, 0.6) is 0 Å². The molecule has 2 aliphatic heterocycles. The standard InChI is InChI=1S/C17H26N4OS/c1-17(2)6-8-21(12-17)16(18-3)19-10-15(22)20-7-4-14-13(11-20)5-9-23-14/h5,9H,4,6-8,10-12H2,1-3H3,(H,18,19). The molecule has 1 aromatic heterocycles. The van der Waals surface area contributed by atoms with E-state index >= 15 is 0 Å². The van der Waals surface area contributed by atoms with Crippen molar-refractivity contribution in [3.05, 3.63) is 21.9 Å². The van der Waals surface area contributed by atoms with Gasteiger partial charge in [0.25, 0.3) is 0 Å². The average molecular weight is 334 g/mol. The van der Waals surface area contributed by atoms with Gasteiger partial charge in [0.1, 0.15) is 0 Å². The zero-order valence-corrected chi connectivity index (χ0v) is 15.1. The zero-order valence-electron chi connectivity index (χ0n) is 14.3. The first-order valence-corrected chi connectivity index (χ1v) is 9.15. The number of amides is 1. The third-order valence-electron chi connectivity index (χ3n) is 4.75. The van der Waals surface area contributed by atoms with E-state index in [0.29, 0.717) is 12.0 Å². The summed E-state index contributed by atoms with van der Waals surface area (Å²) >= 11 is 1.80. The van der Waals surface area contributed by atoms with E-state index in [4.69, 9.17) is 0 Å². The Balaban J connectivity index is 1.53. The summed E-state index contributed by atoms with van der Waals surface area (Å²) in [7, 11) is 1.79. The van der Waals surface area contributed by atoms with Crippen molar-refractivity contribution in [2.24, 2.45) is 10.4 Å². The fourth-order valence-corrected chi connectivity index (χ4v) is 4.24. The van der Waals surface area contributed by atoms with Crippen LogP contribution in [0, 0.1) is 5.41 Å². The van der Waals surface area contributed by atoms with Crippen molar-refractivity contribution in [1.82, 2.24) is 15.1 Å². The number of carbonyl (C=O) groups excluding carboxylic acids is 1. The van der Waals surface area contributed by atoms with E-state index in [0.717, 1.165) is 45.0 Å². The summed E-state index contributed by atoms with van der Waals surface area (Å²) in [5.74, 6) is 0.999. The molecule has 0 bridgehead atoms. The Bertz CT molecular complexity index is 607. The van der Waals surface area contributed by atoms with Gasteiger partial charge in [0.05, 0.1) is 6.54 Å². The number of hydrogen-bond acceptors (Lipinski definition) is 3. The minimum absolute atomic E-state index is 0.154. The lowest BCUT2D eigenvalue weighted by Gasteiger charge is -2.28. The summed E-state index contributed by atoms with van der Waals surface area (Å²) in [6, 6.07) is 2.14. The molecule has 0 unspecified atom stereocenters. The number of likely N-dealkylation sites (tertiary alicyclic amines) is 1. The number of hydrogen-bond donors (Lipinski definition) is 1. The minimum Gasteiger partial charge on any atom is -0.347 e. The Labute approximate surface area is 142 Å². The molecule has 5 nitrogen and oxygen atoms in total. The van der Waals surface area contributed by atoms with Gasteiger partial charge in [0.2, 0.25) is 5.91 Å². The first-order chi connectivity index (χ1) is 11.0. The molecule has 0 saturated carbocycles. The minimum atomic E-state index is 0.154. The molecule has 0 aromatic carbocycles. The number of rotatable bonds is 2. The van der Waals surface area contributed by atoms with Crippen LogP contribution in [0.1, 0.15) is 30.7 Å². The van der Waals surface area contributed by atoms with Crippen molar-refractivity contribution in [1.29, 1.82) is 0 Å². The number of thiophene rings is 1. The summed E-state index contributed by atoms with van der Waals surface area (Å²) in [5.41, 5.74) is 1.63. The van der Waals surface area contributed by atoms with Gasteiger partial charge in [-0.15, -0.1) is 11.3 Å². The second-order valence-corrected chi connectivity index (χ2v) is 8.17. The molecule has 1 fully saturated rings. The summed E-state index contributed by atoms with van der Waals surface area (Å²) in [5, 5.41) is 5.37. The Hall–Kier alpha value is -1.56. The molecule has 3 heterocycles. The average Bonchev–Trinajstić information content (AvgIpc) is 3.13. The number of nitrogens with one attached hydrogen (secondary N) is 1. The zero-order chi connectivity index (χ0) is 16.4. The van der Waals surface area contributed by atoms with E-state index in [1.54, 1.807) is 18.4 Å². The Kier molecular flexibility index (Phi) is 4.62. The number of guanidine groups is 1. The van der Waals surface area contributed by atoms with Crippen molar-refractivity contribution in [3.63, 3.8) is 0 Å². The SMILES string of the molecule is CN=C(NCC(=O)N1CCc2sccc2C1)N1CCC(C)(C)C1. The van der Waals surface area contributed by atoms with Gasteiger partial charge in [-0.3, -0.25) is 9.79 Å². The monoisotopic (exact) mass is 334 g/mol. The van der Waals surface area contributed by atoms with Gasteiger partial charge >= 0.3 is 0 Å². The fraction of sp³-hybridized carbons (Fsp3) is 0.647. The molecule has 1 amide bonds. The highest BCUT2D eigenvalue weighted by Gasteiger charge is 2.31. The third kappa shape index (κ3) is 3.68. The lowest BCUT2D eigenvalue weighted by Crippen LogP contribution is -2.47. The van der Waals surface area contributed by atoms with Crippen LogP contribution < -0.4 is 5.32 Å². The van der Waals surface area contributed by atoms with Crippen LogP contribution in [-0.4, -0.2) is 54.9 Å². The topological polar surface area (TPSA) is 47.9 Å². The molecule has 126 valence electrons. The van der Waals surface area contributed by atoms with Crippen LogP contribution >= 0.6 is 11.3 Å². The second-order valence-electron chi connectivity index (χ2n) is 7.17. The smallest absolute Gasteiger partial charge is 0.242 e. The molecule has 0 aliphatic carbocycles. The maximum absolute atomic E-state index is 12.5. The quantitative estimate of drug-likeness (QED) is 0.664. The molecule has 0 radical (unpaired) electrons. The molecule has 0 spiro atoms. The van der Waals surface area contributed by atoms with Crippen molar-refractivity contribution < 1.29 is 4.79 Å². The molecule has 0 atom stereocenters. The number of fused-ring (bicyclic) bond motifs is 1. The van der Waals surface area contributed by atoms with Gasteiger partial charge in [0.15, 0.2) is 5.96 Å². The van der Waals surface area contributed by atoms with Crippen molar-refractivity contribution in [2.75, 3.05) is 33.2 Å². The van der Waals surface area contributed by atoms with Gasteiger partial charge in [-0.25, -0.2) is 0 Å². The Morgan fingerprint density at radius 3 is 2.91 bits per heavy atom. The maximum Gasteiger partial charge on any atom is 0.242 e. The first-order valence-electron chi connectivity index (χ1n) is 8.27. The highest BCUT2D eigenvalue weighted by molar-refractivity contribution is 7.10. The van der Waals surface area contributed by atoms with Crippen LogP contribution in [0.4, 0.5) is 0 Å². The van der Waals surface area contributed by atoms with E-state index in [9.17, 15) is 4.79 Å². The Morgan fingerprint density at radius 1 is 1.39 bits per heavy atom. The van der Waals surface area contributed by atoms with Crippen molar-refractivity contribution >= 4 is 23.2 Å². The van der Waals surface area contributed by atoms with Gasteiger partial charge in [-0.2, -0.15) is 0 Å². The third-order valence-corrected chi connectivity index (χ3v) is 5.77. The predicted octanol–water partition coefficient (Wildman–Crippen LogP) is 1.94. The van der Waals surface area contributed by atoms with Crippen molar-refractivity contribution in [2.45, 2.75) is 33.2 Å². The van der Waals surface area contributed by atoms with E-state index in [1.165, 1.54) is 10.4 Å². The Morgan fingerprint density at radius 2 is 2.22 bits per heavy atom. The van der Waals surface area contributed by atoms with Crippen LogP contribution in [-0.2, 0) is 17.8 Å². The van der Waals surface area contributed by atoms with E-state index < -0.39 is 0 Å². The largest absolute Gasteiger partial charge is 0.347 e. The molecule has 6 heteroatoms. The van der Waals surface area contributed by atoms with Gasteiger partial charge in [0, 0.05) is 38.1 Å². The van der Waals surface area contributed by atoms with Crippen LogP contribution in [0.2, 0.25) is 0 Å². The molecule has 1 saturated heterocycles. The first kappa shape index (κ1) is 16.3. The molecule has 1 N–H and O–H groups in total. The number of aliphatic imine (C=N–C) groups is 1. The molecule has 3 rings (SSSR count). The normalized spacial score (nSPS) is 20.6. The highest BCUT2D eigenvalue weighted by atomic mass is 32.1. The van der Waals surface area contributed by atoms with Crippen LogP contribution in [0.25, 0.3) is 0 Å². The summed E-state index contributed by atoms with van der Waals surface area (Å²) in [6.45, 7) is 8.43. The molecular weight excluding hydrogens is 308 g/mol. The lowest BCUT2D eigenvalue weighted by atomic mass is 9.93. The molecule has 23 heavy (non-hydrogen) atoms. The predicted molar refractivity (Wildman–Crippen MR) is 94.8 cm³/mol. The van der Waals surface area contributed by atoms with Gasteiger partial charge in [-0.1, -0.05) is 13.8 Å². The number of carbonyl (C=O) groups is 1.